The number of ether oxygens (including phenoxy) is 1. The summed E-state index contributed by atoms with van der Waals surface area (Å²) in [4.78, 5) is 2.48. The number of hydrazine groups is 1. The molecule has 0 aliphatic carbocycles. The predicted octanol–water partition coefficient (Wildman–Crippen LogP) is 3.04. The summed E-state index contributed by atoms with van der Waals surface area (Å²) in [6.07, 6.45) is 2.39. The van der Waals surface area contributed by atoms with E-state index in [0.29, 0.717) is 24.5 Å². The minimum Gasteiger partial charge on any atom is -0.462 e. The van der Waals surface area contributed by atoms with Crippen LogP contribution in [0.15, 0.2) is 40.8 Å². The molecule has 0 bridgehead atoms. The first-order valence-electron chi connectivity index (χ1n) is 9.75. The first kappa shape index (κ1) is 18.6. The maximum atomic E-state index is 13.3. The smallest absolute Gasteiger partial charge is 0.129 e. The van der Waals surface area contributed by atoms with Crippen molar-refractivity contribution in [2.24, 2.45) is 5.92 Å². The van der Waals surface area contributed by atoms with Gasteiger partial charge in [0.15, 0.2) is 0 Å². The van der Waals surface area contributed by atoms with E-state index < -0.39 is 0 Å². The van der Waals surface area contributed by atoms with E-state index in [1.165, 1.54) is 18.4 Å². The van der Waals surface area contributed by atoms with Crippen molar-refractivity contribution in [3.05, 3.63) is 59.3 Å². The Morgan fingerprint density at radius 2 is 2.00 bits per heavy atom. The Labute approximate surface area is 159 Å². The lowest BCUT2D eigenvalue weighted by Gasteiger charge is -2.37. The highest BCUT2D eigenvalue weighted by molar-refractivity contribution is 5.24. The SMILES string of the molecule is COCc1ccc(CN2CCCC(C3NNCC3c3ccc(F)cc3)C2)o1. The van der Waals surface area contributed by atoms with Crippen LogP contribution in [-0.4, -0.2) is 37.7 Å². The molecule has 146 valence electrons. The first-order valence-corrected chi connectivity index (χ1v) is 9.75. The van der Waals surface area contributed by atoms with Crippen LogP contribution >= 0.6 is 0 Å². The number of nitrogens with zero attached hydrogens (tertiary/aromatic N) is 1. The zero-order chi connectivity index (χ0) is 18.6. The summed E-state index contributed by atoms with van der Waals surface area (Å²) >= 11 is 0. The molecule has 1 aromatic carbocycles. The van der Waals surface area contributed by atoms with Crippen LogP contribution in [0.4, 0.5) is 4.39 Å². The number of hydrogen-bond donors (Lipinski definition) is 2. The average molecular weight is 373 g/mol. The van der Waals surface area contributed by atoms with Gasteiger partial charge < -0.3 is 9.15 Å². The third-order valence-electron chi connectivity index (χ3n) is 5.76. The zero-order valence-electron chi connectivity index (χ0n) is 15.8. The third-order valence-corrected chi connectivity index (χ3v) is 5.76. The standard InChI is InChI=1S/C21H28FN3O2/c1-26-14-19-9-8-18(27-19)13-25-10-2-3-16(12-25)21-20(11-23-24-21)15-4-6-17(22)7-5-15/h4-9,16,20-21,23-24H,2-3,10-14H2,1H3. The fourth-order valence-corrected chi connectivity index (χ4v) is 4.47. The van der Waals surface area contributed by atoms with E-state index in [-0.39, 0.29) is 5.82 Å². The number of methoxy groups -OCH3 is 1. The van der Waals surface area contributed by atoms with Gasteiger partial charge in [-0.1, -0.05) is 12.1 Å². The van der Waals surface area contributed by atoms with Crippen molar-refractivity contribution in [1.82, 2.24) is 15.8 Å². The Balaban J connectivity index is 1.40. The van der Waals surface area contributed by atoms with Crippen molar-refractivity contribution >= 4 is 0 Å². The van der Waals surface area contributed by atoms with E-state index in [0.717, 1.165) is 37.7 Å². The average Bonchev–Trinajstić information content (AvgIpc) is 3.33. The van der Waals surface area contributed by atoms with Crippen LogP contribution in [-0.2, 0) is 17.9 Å². The lowest BCUT2D eigenvalue weighted by atomic mass is 9.81. The van der Waals surface area contributed by atoms with E-state index in [2.05, 4.69) is 21.8 Å². The molecule has 2 N–H and O–H groups in total. The van der Waals surface area contributed by atoms with Crippen LogP contribution in [0.5, 0.6) is 0 Å². The van der Waals surface area contributed by atoms with E-state index >= 15 is 0 Å². The van der Waals surface area contributed by atoms with Gasteiger partial charge in [-0.05, 0) is 55.1 Å². The van der Waals surface area contributed by atoms with Gasteiger partial charge in [-0.3, -0.25) is 15.8 Å². The number of rotatable bonds is 6. The highest BCUT2D eigenvalue weighted by atomic mass is 19.1. The maximum Gasteiger partial charge on any atom is 0.129 e. The summed E-state index contributed by atoms with van der Waals surface area (Å²) < 4.78 is 24.3. The molecule has 2 saturated heterocycles. The second-order valence-electron chi connectivity index (χ2n) is 7.65. The normalized spacial score (nSPS) is 26.5. The van der Waals surface area contributed by atoms with Crippen molar-refractivity contribution < 1.29 is 13.5 Å². The van der Waals surface area contributed by atoms with Gasteiger partial charge >= 0.3 is 0 Å². The summed E-state index contributed by atoms with van der Waals surface area (Å²) in [5, 5.41) is 0. The molecule has 1 aromatic heterocycles. The van der Waals surface area contributed by atoms with Crippen molar-refractivity contribution in [3.8, 4) is 0 Å². The molecule has 2 aliphatic rings. The van der Waals surface area contributed by atoms with Gasteiger partial charge in [-0.2, -0.15) is 0 Å². The van der Waals surface area contributed by atoms with E-state index in [1.807, 2.05) is 18.2 Å². The first-order chi connectivity index (χ1) is 13.2. The summed E-state index contributed by atoms with van der Waals surface area (Å²) in [6, 6.07) is 11.4. The van der Waals surface area contributed by atoms with Crippen LogP contribution < -0.4 is 10.9 Å². The van der Waals surface area contributed by atoms with Crippen molar-refractivity contribution in [2.75, 3.05) is 26.7 Å². The summed E-state index contributed by atoms with van der Waals surface area (Å²) in [7, 11) is 1.68. The fourth-order valence-electron chi connectivity index (χ4n) is 4.47. The largest absolute Gasteiger partial charge is 0.462 e. The topological polar surface area (TPSA) is 49.7 Å². The quantitative estimate of drug-likeness (QED) is 0.815. The molecular weight excluding hydrogens is 345 g/mol. The summed E-state index contributed by atoms with van der Waals surface area (Å²) in [5.74, 6) is 2.61. The number of likely N-dealkylation sites (tertiary alicyclic amines) is 1. The van der Waals surface area contributed by atoms with Crippen LogP contribution in [0.3, 0.4) is 0 Å². The zero-order valence-corrected chi connectivity index (χ0v) is 15.8. The highest BCUT2D eigenvalue weighted by Crippen LogP contribution is 2.32. The van der Waals surface area contributed by atoms with Crippen LogP contribution in [0.1, 0.15) is 35.8 Å². The molecular formula is C21H28FN3O2. The number of furan rings is 1. The number of piperidine rings is 1. The van der Waals surface area contributed by atoms with E-state index in [1.54, 1.807) is 19.2 Å². The molecule has 0 spiro atoms. The molecule has 0 radical (unpaired) electrons. The van der Waals surface area contributed by atoms with Crippen LogP contribution in [0.25, 0.3) is 0 Å². The molecule has 0 amide bonds. The van der Waals surface area contributed by atoms with Crippen LogP contribution in [0, 0.1) is 11.7 Å². The molecule has 3 atom stereocenters. The molecule has 3 heterocycles. The van der Waals surface area contributed by atoms with Gasteiger partial charge in [-0.25, -0.2) is 4.39 Å². The number of nitrogens with one attached hydrogen (secondary N) is 2. The molecule has 3 unspecified atom stereocenters. The Kier molecular flexibility index (Phi) is 5.88. The van der Waals surface area contributed by atoms with Crippen LogP contribution in [0.2, 0.25) is 0 Å². The van der Waals surface area contributed by atoms with Crippen molar-refractivity contribution in [2.45, 2.75) is 38.0 Å². The third kappa shape index (κ3) is 4.41. The van der Waals surface area contributed by atoms with Gasteiger partial charge in [0.25, 0.3) is 0 Å². The lowest BCUT2D eigenvalue weighted by molar-refractivity contribution is 0.126. The number of hydrogen-bond acceptors (Lipinski definition) is 5. The maximum absolute atomic E-state index is 13.3. The summed E-state index contributed by atoms with van der Waals surface area (Å²) in [5.41, 5.74) is 8.00. The molecule has 5 nitrogen and oxygen atoms in total. The molecule has 2 aliphatic heterocycles. The Morgan fingerprint density at radius 3 is 2.81 bits per heavy atom. The molecule has 2 aromatic rings. The van der Waals surface area contributed by atoms with Gasteiger partial charge in [-0.15, -0.1) is 0 Å². The molecule has 4 rings (SSSR count). The summed E-state index contributed by atoms with van der Waals surface area (Å²) in [6.45, 7) is 4.36. The molecule has 2 fully saturated rings. The Morgan fingerprint density at radius 1 is 1.19 bits per heavy atom. The highest BCUT2D eigenvalue weighted by Gasteiger charge is 2.36. The number of halogens is 1. The molecule has 0 saturated carbocycles. The molecule has 6 heteroatoms. The Bertz CT molecular complexity index is 733. The number of benzene rings is 1. The fraction of sp³-hybridized carbons (Fsp3) is 0.524. The second-order valence-corrected chi connectivity index (χ2v) is 7.65. The van der Waals surface area contributed by atoms with Gasteiger partial charge in [0.2, 0.25) is 0 Å². The van der Waals surface area contributed by atoms with Gasteiger partial charge in [0.1, 0.15) is 23.9 Å². The monoisotopic (exact) mass is 373 g/mol. The second kappa shape index (κ2) is 8.52. The van der Waals surface area contributed by atoms with Crippen molar-refractivity contribution in [1.29, 1.82) is 0 Å². The minimum absolute atomic E-state index is 0.177. The predicted molar refractivity (Wildman–Crippen MR) is 101 cm³/mol. The van der Waals surface area contributed by atoms with Gasteiger partial charge in [0, 0.05) is 32.2 Å². The lowest BCUT2D eigenvalue weighted by Crippen LogP contribution is -2.46. The van der Waals surface area contributed by atoms with Crippen molar-refractivity contribution in [3.63, 3.8) is 0 Å². The Hall–Kier alpha value is -1.73. The van der Waals surface area contributed by atoms with E-state index in [4.69, 9.17) is 9.15 Å². The minimum atomic E-state index is -0.177. The molecule has 27 heavy (non-hydrogen) atoms. The van der Waals surface area contributed by atoms with E-state index in [9.17, 15) is 4.39 Å². The van der Waals surface area contributed by atoms with Gasteiger partial charge in [0.05, 0.1) is 6.54 Å².